The normalized spacial score (nSPS) is 10.2. The monoisotopic (exact) mass is 335 g/mol. The average Bonchev–Trinajstić information content (AvgIpc) is 2.56. The van der Waals surface area contributed by atoms with Crippen molar-refractivity contribution in [1.82, 2.24) is 0 Å². The van der Waals surface area contributed by atoms with Crippen molar-refractivity contribution in [3.8, 4) is 0 Å². The third-order valence-corrected chi connectivity index (χ3v) is 3.32. The smallest absolute Gasteiger partial charge is 0.411 e. The van der Waals surface area contributed by atoms with E-state index in [9.17, 15) is 18.4 Å². The van der Waals surface area contributed by atoms with Gasteiger partial charge in [0.05, 0.1) is 18.4 Å². The molecule has 0 saturated carbocycles. The largest absolute Gasteiger partial charge is 0.465 e. The van der Waals surface area contributed by atoms with Gasteiger partial charge in [-0.1, -0.05) is 24.3 Å². The lowest BCUT2D eigenvalue weighted by atomic mass is 10.1. The number of anilines is 1. The lowest BCUT2D eigenvalue weighted by Crippen LogP contribution is -2.17. The zero-order chi connectivity index (χ0) is 17.7. The Bertz CT molecular complexity index is 777. The van der Waals surface area contributed by atoms with E-state index in [-0.39, 0.29) is 17.9 Å². The number of methoxy groups -OCH3 is 1. The second-order valence-electron chi connectivity index (χ2n) is 4.93. The number of carbonyl (C=O) groups excluding carboxylic acids is 2. The minimum Gasteiger partial charge on any atom is -0.465 e. The molecule has 0 unspecified atom stereocenters. The van der Waals surface area contributed by atoms with Gasteiger partial charge in [0.15, 0.2) is 11.6 Å². The molecule has 0 aromatic heterocycles. The molecular formula is C17H15F2NO4. The van der Waals surface area contributed by atoms with Gasteiger partial charge in [-0.05, 0) is 24.1 Å². The molecule has 0 fully saturated rings. The van der Waals surface area contributed by atoms with Crippen molar-refractivity contribution < 1.29 is 27.8 Å². The Kier molecular flexibility index (Phi) is 5.47. The summed E-state index contributed by atoms with van der Waals surface area (Å²) in [4.78, 5) is 23.5. The van der Waals surface area contributed by atoms with Crippen LogP contribution in [0.3, 0.4) is 0 Å². The molecule has 2 aromatic carbocycles. The van der Waals surface area contributed by atoms with Crippen molar-refractivity contribution in [2.75, 3.05) is 12.4 Å². The number of rotatable bonds is 4. The molecule has 24 heavy (non-hydrogen) atoms. The molecule has 0 aliphatic carbocycles. The molecule has 1 N–H and O–H groups in total. The van der Waals surface area contributed by atoms with Gasteiger partial charge in [0, 0.05) is 6.07 Å². The Morgan fingerprint density at radius 2 is 1.79 bits per heavy atom. The van der Waals surface area contributed by atoms with Crippen molar-refractivity contribution in [2.45, 2.75) is 13.5 Å². The van der Waals surface area contributed by atoms with Gasteiger partial charge in [-0.25, -0.2) is 18.4 Å². The van der Waals surface area contributed by atoms with Crippen LogP contribution < -0.4 is 5.32 Å². The van der Waals surface area contributed by atoms with Gasteiger partial charge in [0.1, 0.15) is 6.61 Å². The highest BCUT2D eigenvalue weighted by Crippen LogP contribution is 2.21. The molecule has 0 aliphatic rings. The number of carbonyl (C=O) groups is 2. The van der Waals surface area contributed by atoms with E-state index >= 15 is 0 Å². The number of esters is 1. The predicted octanol–water partition coefficient (Wildman–Crippen LogP) is 3.81. The molecule has 126 valence electrons. The second-order valence-corrected chi connectivity index (χ2v) is 4.93. The van der Waals surface area contributed by atoms with E-state index in [0.29, 0.717) is 12.1 Å². The highest BCUT2D eigenvalue weighted by molar-refractivity contribution is 5.99. The average molecular weight is 335 g/mol. The van der Waals surface area contributed by atoms with Crippen LogP contribution in [0.5, 0.6) is 0 Å². The van der Waals surface area contributed by atoms with E-state index in [2.05, 4.69) is 10.1 Å². The van der Waals surface area contributed by atoms with E-state index in [1.807, 2.05) is 19.1 Å². The fraction of sp³-hybridized carbons (Fsp3) is 0.176. The Morgan fingerprint density at radius 1 is 1.12 bits per heavy atom. The van der Waals surface area contributed by atoms with Gasteiger partial charge in [-0.3, -0.25) is 5.32 Å². The first kappa shape index (κ1) is 17.4. The lowest BCUT2D eigenvalue weighted by molar-refractivity contribution is 0.0601. The number of aryl methyl sites for hydroxylation is 1. The van der Waals surface area contributed by atoms with Crippen molar-refractivity contribution in [2.24, 2.45) is 0 Å². The van der Waals surface area contributed by atoms with Gasteiger partial charge >= 0.3 is 12.1 Å². The summed E-state index contributed by atoms with van der Waals surface area (Å²) in [6, 6.07) is 8.65. The van der Waals surface area contributed by atoms with Gasteiger partial charge in [0.25, 0.3) is 0 Å². The van der Waals surface area contributed by atoms with Crippen LogP contribution in [0, 0.1) is 18.6 Å². The Labute approximate surface area is 137 Å². The Balaban J connectivity index is 2.12. The van der Waals surface area contributed by atoms with E-state index in [1.165, 1.54) is 0 Å². The Morgan fingerprint density at radius 3 is 2.46 bits per heavy atom. The van der Waals surface area contributed by atoms with Crippen molar-refractivity contribution in [3.63, 3.8) is 0 Å². The quantitative estimate of drug-likeness (QED) is 0.863. The zero-order valence-corrected chi connectivity index (χ0v) is 13.1. The van der Waals surface area contributed by atoms with Crippen molar-refractivity contribution >= 4 is 17.7 Å². The highest BCUT2D eigenvalue weighted by Gasteiger charge is 2.18. The fourth-order valence-corrected chi connectivity index (χ4v) is 1.99. The van der Waals surface area contributed by atoms with Crippen LogP contribution in [-0.2, 0) is 16.1 Å². The number of ether oxygens (including phenoxy) is 2. The molecule has 1 amide bonds. The number of hydrogen-bond acceptors (Lipinski definition) is 4. The van der Waals surface area contributed by atoms with Gasteiger partial charge < -0.3 is 9.47 Å². The number of benzene rings is 2. The molecule has 0 radical (unpaired) electrons. The number of halogens is 2. The molecule has 2 aromatic rings. The fourth-order valence-electron chi connectivity index (χ4n) is 1.99. The van der Waals surface area contributed by atoms with E-state index in [0.717, 1.165) is 18.2 Å². The standard InChI is InChI=1S/C17H15F2NO4/c1-10-5-3-4-6-11(10)9-24-17(22)20-15-8-14(19)13(18)7-12(15)16(21)23-2/h3-8H,9H2,1-2H3,(H,20,22). The summed E-state index contributed by atoms with van der Waals surface area (Å²) in [5.41, 5.74) is 1.18. The van der Waals surface area contributed by atoms with Crippen LogP contribution in [0.15, 0.2) is 36.4 Å². The molecule has 0 spiro atoms. The first-order chi connectivity index (χ1) is 11.4. The number of hydrogen-bond donors (Lipinski definition) is 1. The summed E-state index contributed by atoms with van der Waals surface area (Å²) in [5.74, 6) is -3.35. The predicted molar refractivity (Wildman–Crippen MR) is 82.7 cm³/mol. The summed E-state index contributed by atoms with van der Waals surface area (Å²) in [7, 11) is 1.09. The summed E-state index contributed by atoms with van der Waals surface area (Å²) in [6.45, 7) is 1.86. The number of nitrogens with one attached hydrogen (secondary N) is 1. The third kappa shape index (κ3) is 4.07. The van der Waals surface area contributed by atoms with E-state index in [4.69, 9.17) is 4.74 Å². The van der Waals surface area contributed by atoms with Gasteiger partial charge in [-0.2, -0.15) is 0 Å². The maximum atomic E-state index is 13.4. The summed E-state index contributed by atoms with van der Waals surface area (Å²) < 4.78 is 36.2. The van der Waals surface area contributed by atoms with E-state index < -0.39 is 23.7 Å². The number of amides is 1. The van der Waals surface area contributed by atoms with Crippen LogP contribution in [0.1, 0.15) is 21.5 Å². The molecule has 5 nitrogen and oxygen atoms in total. The maximum absolute atomic E-state index is 13.4. The van der Waals surface area contributed by atoms with E-state index in [1.54, 1.807) is 12.1 Å². The lowest BCUT2D eigenvalue weighted by Gasteiger charge is -2.11. The van der Waals surface area contributed by atoms with Gasteiger partial charge in [0.2, 0.25) is 0 Å². The molecule has 2 rings (SSSR count). The highest BCUT2D eigenvalue weighted by atomic mass is 19.2. The van der Waals surface area contributed by atoms with Crippen molar-refractivity contribution in [1.29, 1.82) is 0 Å². The Hall–Kier alpha value is -2.96. The van der Waals surface area contributed by atoms with Gasteiger partial charge in [-0.15, -0.1) is 0 Å². The minimum absolute atomic E-state index is 0.00423. The topological polar surface area (TPSA) is 64.6 Å². The van der Waals surface area contributed by atoms with Crippen LogP contribution in [-0.4, -0.2) is 19.2 Å². The molecule has 0 aliphatic heterocycles. The molecule has 7 heteroatoms. The minimum atomic E-state index is -1.23. The first-order valence-corrected chi connectivity index (χ1v) is 6.98. The summed E-state index contributed by atoms with van der Waals surface area (Å²) in [5, 5.41) is 2.21. The summed E-state index contributed by atoms with van der Waals surface area (Å²) in [6.07, 6.45) is -0.908. The molecular weight excluding hydrogens is 320 g/mol. The second kappa shape index (κ2) is 7.54. The molecule has 0 bridgehead atoms. The SMILES string of the molecule is COC(=O)c1cc(F)c(F)cc1NC(=O)OCc1ccccc1C. The summed E-state index contributed by atoms with van der Waals surface area (Å²) >= 11 is 0. The van der Waals surface area contributed by atoms with Crippen LogP contribution in [0.4, 0.5) is 19.3 Å². The molecule has 0 atom stereocenters. The maximum Gasteiger partial charge on any atom is 0.411 e. The van der Waals surface area contributed by atoms with Crippen LogP contribution >= 0.6 is 0 Å². The molecule has 0 saturated heterocycles. The first-order valence-electron chi connectivity index (χ1n) is 6.98. The van der Waals surface area contributed by atoms with Crippen LogP contribution in [0.2, 0.25) is 0 Å². The van der Waals surface area contributed by atoms with Crippen molar-refractivity contribution in [3.05, 3.63) is 64.7 Å². The zero-order valence-electron chi connectivity index (χ0n) is 13.1. The molecule has 0 heterocycles. The third-order valence-electron chi connectivity index (χ3n) is 3.32. The van der Waals surface area contributed by atoms with Crippen LogP contribution in [0.25, 0.3) is 0 Å².